The van der Waals surface area contributed by atoms with Crippen LogP contribution in [0.1, 0.15) is 36.8 Å². The second-order valence-electron chi connectivity index (χ2n) is 6.81. The zero-order valence-corrected chi connectivity index (χ0v) is 17.2. The van der Waals surface area contributed by atoms with Crippen molar-refractivity contribution in [1.82, 2.24) is 10.2 Å². The summed E-state index contributed by atoms with van der Waals surface area (Å²) in [5.41, 5.74) is 2.53. The number of hydrogen-bond donors (Lipinski definition) is 1. The Hall–Kier alpha value is -0.820. The van der Waals surface area contributed by atoms with Gasteiger partial charge in [0.25, 0.3) is 0 Å². The predicted molar refractivity (Wildman–Crippen MR) is 110 cm³/mol. The minimum Gasteiger partial charge on any atom is -0.380 e. The molecule has 4 nitrogen and oxygen atoms in total. The van der Waals surface area contributed by atoms with Crippen molar-refractivity contribution in [3.8, 4) is 0 Å². The van der Waals surface area contributed by atoms with Crippen molar-refractivity contribution in [3.63, 3.8) is 0 Å². The van der Waals surface area contributed by atoms with E-state index in [1.807, 2.05) is 7.05 Å². The van der Waals surface area contributed by atoms with Gasteiger partial charge in [-0.2, -0.15) is 0 Å². The minimum atomic E-state index is 0. The Morgan fingerprint density at radius 1 is 1.17 bits per heavy atom. The Morgan fingerprint density at radius 3 is 2.38 bits per heavy atom. The molecule has 0 aromatic heterocycles. The zero-order chi connectivity index (χ0) is 16.1. The van der Waals surface area contributed by atoms with Gasteiger partial charge in [0.05, 0.1) is 6.61 Å². The van der Waals surface area contributed by atoms with Gasteiger partial charge in [-0.15, -0.1) is 24.0 Å². The Balaban J connectivity index is 0.00000208. The molecule has 1 aliphatic heterocycles. The first-order chi connectivity index (χ1) is 11.3. The van der Waals surface area contributed by atoms with E-state index in [1.165, 1.54) is 49.9 Å². The predicted octanol–water partition coefficient (Wildman–Crippen LogP) is 3.65. The van der Waals surface area contributed by atoms with Crippen LogP contribution in [0.15, 0.2) is 29.3 Å². The van der Waals surface area contributed by atoms with Crippen LogP contribution in [0.2, 0.25) is 0 Å². The van der Waals surface area contributed by atoms with Gasteiger partial charge in [-0.3, -0.25) is 4.99 Å². The Bertz CT molecular complexity index is 535. The lowest BCUT2D eigenvalue weighted by molar-refractivity contribution is 0.184. The highest BCUT2D eigenvalue weighted by Gasteiger charge is 2.35. The van der Waals surface area contributed by atoms with E-state index in [1.54, 1.807) is 7.11 Å². The summed E-state index contributed by atoms with van der Waals surface area (Å²) in [6.07, 6.45) is 5.61. The molecule has 2 fully saturated rings. The summed E-state index contributed by atoms with van der Waals surface area (Å²) in [5, 5.41) is 3.56. The number of fused-ring (bicyclic) bond motifs is 1. The molecule has 1 saturated heterocycles. The highest BCUT2D eigenvalue weighted by atomic mass is 127. The minimum absolute atomic E-state index is 0. The number of halogens is 1. The molecule has 134 valence electrons. The lowest BCUT2D eigenvalue weighted by Crippen LogP contribution is -2.40. The van der Waals surface area contributed by atoms with E-state index in [0.29, 0.717) is 6.61 Å². The van der Waals surface area contributed by atoms with Crippen LogP contribution in [-0.2, 0) is 17.9 Å². The van der Waals surface area contributed by atoms with E-state index in [4.69, 9.17) is 4.74 Å². The third-order valence-corrected chi connectivity index (χ3v) is 5.34. The molecule has 0 amide bonds. The second-order valence-corrected chi connectivity index (χ2v) is 6.81. The summed E-state index contributed by atoms with van der Waals surface area (Å²) in [6, 6.07) is 8.45. The van der Waals surface area contributed by atoms with Gasteiger partial charge < -0.3 is 15.0 Å². The summed E-state index contributed by atoms with van der Waals surface area (Å²) in [6.45, 7) is 3.80. The summed E-state index contributed by atoms with van der Waals surface area (Å²) in [7, 11) is 3.64. The van der Waals surface area contributed by atoms with Gasteiger partial charge in [-0.05, 0) is 35.8 Å². The molecule has 1 heterocycles. The van der Waals surface area contributed by atoms with E-state index in [9.17, 15) is 0 Å². The topological polar surface area (TPSA) is 36.9 Å². The van der Waals surface area contributed by atoms with Gasteiger partial charge in [-0.1, -0.05) is 37.1 Å². The molecule has 0 bridgehead atoms. The SMILES string of the molecule is CN=C(NCc1ccccc1COC)N1CC2CCCCC2C1.I. The van der Waals surface area contributed by atoms with E-state index >= 15 is 0 Å². The van der Waals surface area contributed by atoms with Crippen LogP contribution in [0.4, 0.5) is 0 Å². The monoisotopic (exact) mass is 443 g/mol. The second kappa shape index (κ2) is 9.61. The zero-order valence-electron chi connectivity index (χ0n) is 14.8. The van der Waals surface area contributed by atoms with Crippen LogP contribution in [-0.4, -0.2) is 38.1 Å². The smallest absolute Gasteiger partial charge is 0.193 e. The van der Waals surface area contributed by atoms with Crippen molar-refractivity contribution in [2.24, 2.45) is 16.8 Å². The molecular weight excluding hydrogens is 413 g/mol. The number of guanidine groups is 1. The summed E-state index contributed by atoms with van der Waals surface area (Å²) in [5.74, 6) is 2.80. The Labute approximate surface area is 163 Å². The highest BCUT2D eigenvalue weighted by molar-refractivity contribution is 14.0. The van der Waals surface area contributed by atoms with E-state index in [-0.39, 0.29) is 24.0 Å². The molecule has 0 spiro atoms. The molecule has 2 unspecified atom stereocenters. The number of nitrogens with one attached hydrogen (secondary N) is 1. The Kier molecular flexibility index (Phi) is 7.81. The van der Waals surface area contributed by atoms with Crippen molar-refractivity contribution < 1.29 is 4.74 Å². The maximum Gasteiger partial charge on any atom is 0.193 e. The number of hydrogen-bond acceptors (Lipinski definition) is 2. The lowest BCUT2D eigenvalue weighted by Gasteiger charge is -2.22. The largest absolute Gasteiger partial charge is 0.380 e. The van der Waals surface area contributed by atoms with E-state index in [2.05, 4.69) is 39.5 Å². The maximum atomic E-state index is 5.30. The highest BCUT2D eigenvalue weighted by Crippen LogP contribution is 2.35. The van der Waals surface area contributed by atoms with Crippen LogP contribution < -0.4 is 5.32 Å². The van der Waals surface area contributed by atoms with Gasteiger partial charge in [0.1, 0.15) is 0 Å². The fourth-order valence-corrected chi connectivity index (χ4v) is 4.11. The first kappa shape index (κ1) is 19.5. The first-order valence-electron chi connectivity index (χ1n) is 8.83. The quantitative estimate of drug-likeness (QED) is 0.439. The van der Waals surface area contributed by atoms with Crippen LogP contribution >= 0.6 is 24.0 Å². The number of aliphatic imine (C=N–C) groups is 1. The third-order valence-electron chi connectivity index (χ3n) is 5.34. The number of rotatable bonds is 4. The van der Waals surface area contributed by atoms with Gasteiger partial charge in [0.15, 0.2) is 5.96 Å². The number of methoxy groups -OCH3 is 1. The lowest BCUT2D eigenvalue weighted by atomic mass is 9.82. The average molecular weight is 443 g/mol. The Morgan fingerprint density at radius 2 is 1.79 bits per heavy atom. The normalized spacial score (nSPS) is 23.6. The fourth-order valence-electron chi connectivity index (χ4n) is 4.11. The van der Waals surface area contributed by atoms with Gasteiger partial charge in [0, 0.05) is 33.8 Å². The summed E-state index contributed by atoms with van der Waals surface area (Å²) in [4.78, 5) is 6.98. The first-order valence-corrected chi connectivity index (χ1v) is 8.83. The van der Waals surface area contributed by atoms with Crippen LogP contribution in [0, 0.1) is 11.8 Å². The van der Waals surface area contributed by atoms with Crippen molar-refractivity contribution in [1.29, 1.82) is 0 Å². The van der Waals surface area contributed by atoms with Crippen molar-refractivity contribution in [3.05, 3.63) is 35.4 Å². The molecule has 1 aromatic carbocycles. The third kappa shape index (κ3) is 4.63. The molecule has 1 aromatic rings. The van der Waals surface area contributed by atoms with Crippen molar-refractivity contribution in [2.75, 3.05) is 27.2 Å². The van der Waals surface area contributed by atoms with Crippen LogP contribution in [0.3, 0.4) is 0 Å². The molecule has 5 heteroatoms. The van der Waals surface area contributed by atoms with E-state index in [0.717, 1.165) is 24.3 Å². The molecule has 24 heavy (non-hydrogen) atoms. The number of benzene rings is 1. The van der Waals surface area contributed by atoms with Gasteiger partial charge in [0.2, 0.25) is 0 Å². The summed E-state index contributed by atoms with van der Waals surface area (Å²) >= 11 is 0. The maximum absolute atomic E-state index is 5.30. The number of ether oxygens (including phenoxy) is 1. The standard InChI is InChI=1S/C19H29N3O.HI/c1-20-19(22-12-16-8-4-5-9-17(16)13-22)21-11-15-7-3-6-10-18(15)14-23-2;/h3,6-7,10,16-17H,4-5,8-9,11-14H2,1-2H3,(H,20,21);1H. The van der Waals surface area contributed by atoms with Crippen molar-refractivity contribution >= 4 is 29.9 Å². The molecule has 2 aliphatic rings. The van der Waals surface area contributed by atoms with E-state index < -0.39 is 0 Å². The fraction of sp³-hybridized carbons (Fsp3) is 0.632. The molecule has 0 radical (unpaired) electrons. The average Bonchev–Trinajstić information content (AvgIpc) is 3.01. The number of nitrogens with zero attached hydrogens (tertiary/aromatic N) is 2. The molecule has 1 aliphatic carbocycles. The molecule has 3 rings (SSSR count). The number of likely N-dealkylation sites (tertiary alicyclic amines) is 1. The molecular formula is C19H30IN3O. The van der Waals surface area contributed by atoms with Gasteiger partial charge >= 0.3 is 0 Å². The van der Waals surface area contributed by atoms with Crippen LogP contribution in [0.25, 0.3) is 0 Å². The summed E-state index contributed by atoms with van der Waals surface area (Å²) < 4.78 is 5.30. The van der Waals surface area contributed by atoms with Crippen molar-refractivity contribution in [2.45, 2.75) is 38.8 Å². The molecule has 2 atom stereocenters. The van der Waals surface area contributed by atoms with Gasteiger partial charge in [-0.25, -0.2) is 0 Å². The molecule has 1 saturated carbocycles. The molecule has 1 N–H and O–H groups in total. The van der Waals surface area contributed by atoms with Crippen LogP contribution in [0.5, 0.6) is 0 Å².